The Morgan fingerprint density at radius 1 is 1.41 bits per heavy atom. The van der Waals surface area contributed by atoms with Crippen molar-refractivity contribution in [1.82, 2.24) is 4.57 Å². The molecule has 0 aliphatic heterocycles. The molecule has 6 nitrogen and oxygen atoms in total. The van der Waals surface area contributed by atoms with E-state index in [2.05, 4.69) is 20.3 Å². The summed E-state index contributed by atoms with van der Waals surface area (Å²) in [4.78, 5) is 33.6. The minimum Gasteiger partial charge on any atom is -0.478 e. The molecule has 2 rings (SSSR count). The molecule has 1 N–H and O–H groups in total. The fourth-order valence-electron chi connectivity index (χ4n) is 1.51. The molecule has 0 amide bonds. The topological polar surface area (TPSA) is 89.5 Å². The second kappa shape index (κ2) is 3.85. The maximum Gasteiger partial charge on any atom is 0.422 e. The third kappa shape index (κ3) is 1.78. The van der Waals surface area contributed by atoms with E-state index < -0.39 is 17.4 Å². The monoisotopic (exact) mass is 299 g/mol. The van der Waals surface area contributed by atoms with E-state index in [1.165, 1.54) is 19.2 Å². The first-order chi connectivity index (χ1) is 7.91. The number of rotatable bonds is 1. The van der Waals surface area contributed by atoms with Crippen molar-refractivity contribution >= 4 is 32.8 Å². The molecule has 0 unspecified atom stereocenters. The van der Waals surface area contributed by atoms with Crippen LogP contribution in [0.1, 0.15) is 10.4 Å². The summed E-state index contributed by atoms with van der Waals surface area (Å²) in [5.74, 6) is -1.97. The number of hydrogen-bond donors (Lipinski definition) is 1. The number of aromatic nitrogens is 1. The number of carbonyl (C=O) groups is 1. The van der Waals surface area contributed by atoms with Gasteiger partial charge in [0.05, 0.1) is 16.5 Å². The molecule has 1 aromatic heterocycles. The van der Waals surface area contributed by atoms with Crippen molar-refractivity contribution in [2.45, 2.75) is 0 Å². The molecule has 17 heavy (non-hydrogen) atoms. The number of nitrogens with zero attached hydrogens (tertiary/aromatic N) is 1. The fourth-order valence-corrected chi connectivity index (χ4v) is 2.24. The minimum atomic E-state index is -1.17. The van der Waals surface area contributed by atoms with Gasteiger partial charge in [-0.3, -0.25) is 4.57 Å². The van der Waals surface area contributed by atoms with Crippen LogP contribution >= 0.6 is 15.9 Å². The molecule has 0 saturated heterocycles. The van der Waals surface area contributed by atoms with Crippen LogP contribution in [0, 0.1) is 0 Å². The van der Waals surface area contributed by atoms with E-state index in [-0.39, 0.29) is 10.9 Å². The van der Waals surface area contributed by atoms with Crippen molar-refractivity contribution in [1.29, 1.82) is 0 Å². The number of hydrogen-bond acceptors (Lipinski definition) is 4. The number of fused-ring (bicyclic) bond motifs is 1. The number of halogens is 1. The predicted molar refractivity (Wildman–Crippen MR) is 62.4 cm³/mol. The van der Waals surface area contributed by atoms with Crippen LogP contribution in [-0.4, -0.2) is 15.6 Å². The Morgan fingerprint density at radius 3 is 2.65 bits per heavy atom. The molecule has 0 saturated carbocycles. The van der Waals surface area contributed by atoms with Crippen molar-refractivity contribution in [3.8, 4) is 0 Å². The van der Waals surface area contributed by atoms with Crippen LogP contribution < -0.4 is 11.4 Å². The van der Waals surface area contributed by atoms with E-state index in [1.54, 1.807) is 0 Å². The first-order valence-corrected chi connectivity index (χ1v) is 5.28. The van der Waals surface area contributed by atoms with E-state index in [0.29, 0.717) is 9.99 Å². The molecule has 0 bridgehead atoms. The van der Waals surface area contributed by atoms with Crippen molar-refractivity contribution < 1.29 is 14.3 Å². The first-order valence-electron chi connectivity index (χ1n) is 4.48. The molecule has 0 aliphatic carbocycles. The van der Waals surface area contributed by atoms with Gasteiger partial charge in [0, 0.05) is 11.5 Å². The van der Waals surface area contributed by atoms with Crippen LogP contribution in [0.5, 0.6) is 0 Å². The number of benzene rings is 1. The van der Waals surface area contributed by atoms with Crippen LogP contribution in [0.2, 0.25) is 0 Å². The molecule has 88 valence electrons. The number of aryl methyl sites for hydroxylation is 1. The Bertz CT molecular complexity index is 743. The first kappa shape index (κ1) is 11.6. The third-order valence-corrected chi connectivity index (χ3v) is 2.92. The second-order valence-corrected chi connectivity index (χ2v) is 4.23. The number of aromatic carboxylic acids is 1. The third-order valence-electron chi connectivity index (χ3n) is 2.32. The molecular weight excluding hydrogens is 294 g/mol. The van der Waals surface area contributed by atoms with Gasteiger partial charge in [0.2, 0.25) is 0 Å². The Labute approximate surface area is 102 Å². The van der Waals surface area contributed by atoms with Crippen LogP contribution in [0.3, 0.4) is 0 Å². The molecule has 0 fully saturated rings. The predicted octanol–water partition coefficient (Wildman–Crippen LogP) is 0.952. The van der Waals surface area contributed by atoms with E-state index >= 15 is 0 Å². The Morgan fingerprint density at radius 2 is 2.06 bits per heavy atom. The normalized spacial score (nSPS) is 10.7. The summed E-state index contributed by atoms with van der Waals surface area (Å²) in [7, 11) is 1.43. The van der Waals surface area contributed by atoms with Gasteiger partial charge in [-0.25, -0.2) is 14.4 Å². The van der Waals surface area contributed by atoms with Gasteiger partial charge in [0.15, 0.2) is 0 Å². The molecule has 0 radical (unpaired) electrons. The van der Waals surface area contributed by atoms with Gasteiger partial charge < -0.3 is 9.52 Å². The van der Waals surface area contributed by atoms with E-state index in [1.807, 2.05) is 0 Å². The van der Waals surface area contributed by atoms with Gasteiger partial charge >= 0.3 is 17.4 Å². The average molecular weight is 300 g/mol. The van der Waals surface area contributed by atoms with Gasteiger partial charge in [-0.2, -0.15) is 0 Å². The van der Waals surface area contributed by atoms with Gasteiger partial charge in [-0.1, -0.05) is 0 Å². The fraction of sp³-hybridized carbons (Fsp3) is 0.100. The molecular formula is C10H6BrNO5. The molecule has 0 aliphatic rings. The largest absolute Gasteiger partial charge is 0.478 e. The van der Waals surface area contributed by atoms with Crippen molar-refractivity contribution in [3.05, 3.63) is 43.1 Å². The highest BCUT2D eigenvalue weighted by Gasteiger charge is 2.14. The maximum absolute atomic E-state index is 11.5. The van der Waals surface area contributed by atoms with E-state index in [0.717, 1.165) is 4.57 Å². The highest BCUT2D eigenvalue weighted by Crippen LogP contribution is 2.22. The summed E-state index contributed by atoms with van der Waals surface area (Å²) in [5, 5.41) is 8.90. The summed E-state index contributed by atoms with van der Waals surface area (Å²) in [6.45, 7) is 0. The zero-order valence-corrected chi connectivity index (χ0v) is 10.1. The average Bonchev–Trinajstić information content (AvgIpc) is 2.25. The quantitative estimate of drug-likeness (QED) is 0.847. The molecule has 7 heteroatoms. The molecule has 1 aromatic carbocycles. The molecule has 0 atom stereocenters. The van der Waals surface area contributed by atoms with Crippen LogP contribution in [0.25, 0.3) is 10.9 Å². The summed E-state index contributed by atoms with van der Waals surface area (Å²) in [6.07, 6.45) is 0. The van der Waals surface area contributed by atoms with Gasteiger partial charge in [-0.05, 0) is 28.1 Å². The number of carboxylic acids is 1. The van der Waals surface area contributed by atoms with Gasteiger partial charge in [0.1, 0.15) is 0 Å². The standard InChI is InChI=1S/C10H6BrNO5/c1-12-7-5(9(15)17-10(12)16)2-4(8(13)14)3-6(7)11/h2-3H,1H3,(H,13,14). The lowest BCUT2D eigenvalue weighted by molar-refractivity contribution is 0.0697. The molecule has 0 spiro atoms. The second-order valence-electron chi connectivity index (χ2n) is 3.37. The Hall–Kier alpha value is -1.89. The lowest BCUT2D eigenvalue weighted by Gasteiger charge is -2.05. The molecule has 1 heterocycles. The lowest BCUT2D eigenvalue weighted by Crippen LogP contribution is -2.23. The Balaban J connectivity index is 3.06. The Kier molecular flexibility index (Phi) is 2.62. The lowest BCUT2D eigenvalue weighted by atomic mass is 10.1. The van der Waals surface area contributed by atoms with Gasteiger partial charge in [0.25, 0.3) is 0 Å². The van der Waals surface area contributed by atoms with Crippen molar-refractivity contribution in [3.63, 3.8) is 0 Å². The van der Waals surface area contributed by atoms with Crippen LogP contribution in [0.15, 0.2) is 30.6 Å². The smallest absolute Gasteiger partial charge is 0.422 e. The summed E-state index contributed by atoms with van der Waals surface area (Å²) < 4.78 is 5.93. The summed E-state index contributed by atoms with van der Waals surface area (Å²) >= 11 is 3.13. The highest BCUT2D eigenvalue weighted by molar-refractivity contribution is 9.10. The SMILES string of the molecule is Cn1c(=O)oc(=O)c2cc(C(=O)O)cc(Br)c21. The van der Waals surface area contributed by atoms with E-state index in [9.17, 15) is 14.4 Å². The number of carboxylic acid groups (broad SMARTS) is 1. The van der Waals surface area contributed by atoms with Crippen molar-refractivity contribution in [2.75, 3.05) is 0 Å². The zero-order valence-electron chi connectivity index (χ0n) is 8.56. The minimum absolute atomic E-state index is 0.0406. The maximum atomic E-state index is 11.5. The van der Waals surface area contributed by atoms with Gasteiger partial charge in [-0.15, -0.1) is 0 Å². The van der Waals surface area contributed by atoms with Crippen LogP contribution in [0.4, 0.5) is 0 Å². The molecule has 2 aromatic rings. The summed E-state index contributed by atoms with van der Waals surface area (Å²) in [5.41, 5.74) is -0.613. The zero-order chi connectivity index (χ0) is 12.7. The van der Waals surface area contributed by atoms with E-state index in [4.69, 9.17) is 5.11 Å². The highest BCUT2D eigenvalue weighted by atomic mass is 79.9. The van der Waals surface area contributed by atoms with Crippen LogP contribution in [-0.2, 0) is 7.05 Å². The van der Waals surface area contributed by atoms with Crippen molar-refractivity contribution in [2.24, 2.45) is 7.05 Å². The summed E-state index contributed by atoms with van der Waals surface area (Å²) in [6, 6.07) is 2.50.